The average Bonchev–Trinajstić information content (AvgIpc) is 3.24. The molecule has 148 valence electrons. The van der Waals surface area contributed by atoms with E-state index in [1.807, 2.05) is 19.1 Å². The fourth-order valence-electron chi connectivity index (χ4n) is 2.92. The highest BCUT2D eigenvalue weighted by molar-refractivity contribution is 5.96. The summed E-state index contributed by atoms with van der Waals surface area (Å²) < 4.78 is 16.8. The van der Waals surface area contributed by atoms with E-state index in [0.717, 1.165) is 19.4 Å². The molecule has 0 aromatic heterocycles. The average molecular weight is 383 g/mol. The molecule has 28 heavy (non-hydrogen) atoms. The normalized spacial score (nSPS) is 15.8. The maximum atomic E-state index is 12.1. The molecule has 0 radical (unpaired) electrons. The molecule has 1 aliphatic heterocycles. The minimum absolute atomic E-state index is 0.0749. The SMILES string of the molecule is CCC(=O)c1ccc(OCC(=O)Nc2cccc(OCC3CCCO3)c2)cc1. The van der Waals surface area contributed by atoms with Crippen LogP contribution in [0.3, 0.4) is 0 Å². The molecule has 1 fully saturated rings. The quantitative estimate of drug-likeness (QED) is 0.666. The van der Waals surface area contributed by atoms with E-state index >= 15 is 0 Å². The first-order chi connectivity index (χ1) is 13.6. The van der Waals surface area contributed by atoms with Gasteiger partial charge in [-0.05, 0) is 49.2 Å². The van der Waals surface area contributed by atoms with Gasteiger partial charge in [0.2, 0.25) is 0 Å². The van der Waals surface area contributed by atoms with E-state index in [2.05, 4.69) is 5.32 Å². The molecule has 1 aliphatic rings. The zero-order chi connectivity index (χ0) is 19.8. The Hall–Kier alpha value is -2.86. The van der Waals surface area contributed by atoms with E-state index < -0.39 is 0 Å². The second kappa shape index (κ2) is 9.90. The zero-order valence-corrected chi connectivity index (χ0v) is 16.0. The summed E-state index contributed by atoms with van der Waals surface area (Å²) in [7, 11) is 0. The summed E-state index contributed by atoms with van der Waals surface area (Å²) >= 11 is 0. The molecule has 3 rings (SSSR count). The van der Waals surface area contributed by atoms with Crippen LogP contribution in [-0.2, 0) is 9.53 Å². The summed E-state index contributed by atoms with van der Waals surface area (Å²) in [6, 6.07) is 14.0. The van der Waals surface area contributed by atoms with Crippen LogP contribution in [0.2, 0.25) is 0 Å². The van der Waals surface area contributed by atoms with Crippen LogP contribution in [0.25, 0.3) is 0 Å². The number of rotatable bonds is 9. The van der Waals surface area contributed by atoms with E-state index in [0.29, 0.717) is 35.8 Å². The predicted molar refractivity (Wildman–Crippen MR) is 106 cm³/mol. The number of amides is 1. The molecule has 2 aromatic rings. The fourth-order valence-corrected chi connectivity index (χ4v) is 2.92. The van der Waals surface area contributed by atoms with E-state index in [1.165, 1.54) is 0 Å². The van der Waals surface area contributed by atoms with Gasteiger partial charge in [-0.1, -0.05) is 13.0 Å². The lowest BCUT2D eigenvalue weighted by Crippen LogP contribution is -2.20. The third kappa shape index (κ3) is 5.82. The van der Waals surface area contributed by atoms with E-state index in [-0.39, 0.29) is 24.4 Å². The highest BCUT2D eigenvalue weighted by atomic mass is 16.5. The summed E-state index contributed by atoms with van der Waals surface area (Å²) in [5, 5.41) is 2.79. The standard InChI is InChI=1S/C22H25NO5/c1-2-21(24)16-8-10-18(11-9-16)28-15-22(25)23-17-5-3-6-19(13-17)27-14-20-7-4-12-26-20/h3,5-6,8-11,13,20H,2,4,7,12,14-15H2,1H3,(H,23,25). The van der Waals surface area contributed by atoms with Crippen molar-refractivity contribution in [1.82, 2.24) is 0 Å². The number of hydrogen-bond donors (Lipinski definition) is 1. The number of nitrogens with one attached hydrogen (secondary N) is 1. The second-order valence-corrected chi connectivity index (χ2v) is 6.61. The zero-order valence-electron chi connectivity index (χ0n) is 16.0. The molecule has 2 aromatic carbocycles. The third-order valence-corrected chi connectivity index (χ3v) is 4.45. The van der Waals surface area contributed by atoms with Crippen LogP contribution in [0.15, 0.2) is 48.5 Å². The van der Waals surface area contributed by atoms with Gasteiger partial charge >= 0.3 is 0 Å². The first-order valence-electron chi connectivity index (χ1n) is 9.54. The Morgan fingerprint density at radius 1 is 1.11 bits per heavy atom. The predicted octanol–water partition coefficient (Wildman–Crippen LogP) is 3.85. The van der Waals surface area contributed by atoms with Crippen LogP contribution in [0.1, 0.15) is 36.5 Å². The summed E-state index contributed by atoms with van der Waals surface area (Å²) in [6.07, 6.45) is 2.69. The lowest BCUT2D eigenvalue weighted by atomic mass is 10.1. The number of ketones is 1. The first kappa shape index (κ1) is 19.9. The Kier molecular flexibility index (Phi) is 7.03. The fraction of sp³-hybridized carbons (Fsp3) is 0.364. The monoisotopic (exact) mass is 383 g/mol. The van der Waals surface area contributed by atoms with Crippen LogP contribution in [0.4, 0.5) is 5.69 Å². The number of ether oxygens (including phenoxy) is 3. The van der Waals surface area contributed by atoms with E-state index in [1.54, 1.807) is 36.4 Å². The number of carbonyl (C=O) groups is 2. The summed E-state index contributed by atoms with van der Waals surface area (Å²) in [5.74, 6) is 1.03. The smallest absolute Gasteiger partial charge is 0.262 e. The molecule has 0 spiro atoms. The van der Waals surface area contributed by atoms with Gasteiger partial charge < -0.3 is 19.5 Å². The van der Waals surface area contributed by atoms with Crippen molar-refractivity contribution in [3.8, 4) is 11.5 Å². The van der Waals surface area contributed by atoms with Crippen molar-refractivity contribution in [3.05, 3.63) is 54.1 Å². The second-order valence-electron chi connectivity index (χ2n) is 6.61. The van der Waals surface area contributed by atoms with Gasteiger partial charge in [-0.3, -0.25) is 9.59 Å². The Balaban J connectivity index is 1.46. The molecule has 0 bridgehead atoms. The number of Topliss-reactive ketones (excluding diaryl/α,β-unsaturated/α-hetero) is 1. The highest BCUT2D eigenvalue weighted by Gasteiger charge is 2.16. The van der Waals surface area contributed by atoms with E-state index in [9.17, 15) is 9.59 Å². The van der Waals surface area contributed by atoms with Crippen molar-refractivity contribution in [2.75, 3.05) is 25.1 Å². The lowest BCUT2D eigenvalue weighted by Gasteiger charge is -2.13. The molecule has 1 saturated heterocycles. The van der Waals surface area contributed by atoms with Crippen LogP contribution in [0, 0.1) is 0 Å². The van der Waals surface area contributed by atoms with Gasteiger partial charge in [-0.25, -0.2) is 0 Å². The Labute approximate surface area is 164 Å². The molecule has 0 aliphatic carbocycles. The van der Waals surface area contributed by atoms with Crippen LogP contribution >= 0.6 is 0 Å². The van der Waals surface area contributed by atoms with Crippen molar-refractivity contribution in [3.63, 3.8) is 0 Å². The third-order valence-electron chi connectivity index (χ3n) is 4.45. The summed E-state index contributed by atoms with van der Waals surface area (Å²) in [4.78, 5) is 23.8. The highest BCUT2D eigenvalue weighted by Crippen LogP contribution is 2.20. The molecule has 1 amide bonds. The van der Waals surface area contributed by atoms with E-state index in [4.69, 9.17) is 14.2 Å². The van der Waals surface area contributed by atoms with Gasteiger partial charge in [0.15, 0.2) is 12.4 Å². The minimum atomic E-state index is -0.273. The Bertz CT molecular complexity index is 797. The largest absolute Gasteiger partial charge is 0.491 e. The van der Waals surface area contributed by atoms with Crippen LogP contribution in [-0.4, -0.2) is 37.6 Å². The van der Waals surface area contributed by atoms with Crippen molar-refractivity contribution in [2.45, 2.75) is 32.3 Å². The number of anilines is 1. The molecule has 1 heterocycles. The Morgan fingerprint density at radius 3 is 2.64 bits per heavy atom. The van der Waals surface area contributed by atoms with Crippen molar-refractivity contribution in [2.24, 2.45) is 0 Å². The van der Waals surface area contributed by atoms with Gasteiger partial charge in [0, 0.05) is 30.3 Å². The van der Waals surface area contributed by atoms with Crippen LogP contribution in [0.5, 0.6) is 11.5 Å². The molecule has 1 unspecified atom stereocenters. The topological polar surface area (TPSA) is 73.9 Å². The molecule has 1 atom stereocenters. The van der Waals surface area contributed by atoms with Gasteiger partial charge in [0.1, 0.15) is 18.1 Å². The lowest BCUT2D eigenvalue weighted by molar-refractivity contribution is -0.118. The summed E-state index contributed by atoms with van der Waals surface area (Å²) in [6.45, 7) is 3.00. The van der Waals surface area contributed by atoms with Gasteiger partial charge in [0.05, 0.1) is 6.10 Å². The molecule has 0 saturated carbocycles. The molecule has 1 N–H and O–H groups in total. The van der Waals surface area contributed by atoms with Gasteiger partial charge in [0.25, 0.3) is 5.91 Å². The van der Waals surface area contributed by atoms with Gasteiger partial charge in [-0.15, -0.1) is 0 Å². The number of carbonyl (C=O) groups excluding carboxylic acids is 2. The maximum absolute atomic E-state index is 12.1. The van der Waals surface area contributed by atoms with Crippen molar-refractivity contribution in [1.29, 1.82) is 0 Å². The summed E-state index contributed by atoms with van der Waals surface area (Å²) in [5.41, 5.74) is 1.28. The van der Waals surface area contributed by atoms with Gasteiger partial charge in [-0.2, -0.15) is 0 Å². The minimum Gasteiger partial charge on any atom is -0.491 e. The number of benzene rings is 2. The molecule has 6 heteroatoms. The van der Waals surface area contributed by atoms with Crippen molar-refractivity contribution >= 4 is 17.4 Å². The first-order valence-corrected chi connectivity index (χ1v) is 9.54. The maximum Gasteiger partial charge on any atom is 0.262 e. The Morgan fingerprint density at radius 2 is 1.93 bits per heavy atom. The van der Waals surface area contributed by atoms with Crippen molar-refractivity contribution < 1.29 is 23.8 Å². The molecular weight excluding hydrogens is 358 g/mol. The number of hydrogen-bond acceptors (Lipinski definition) is 5. The molecule has 6 nitrogen and oxygen atoms in total. The molecular formula is C22H25NO5. The van der Waals surface area contributed by atoms with Crippen LogP contribution < -0.4 is 14.8 Å².